The summed E-state index contributed by atoms with van der Waals surface area (Å²) >= 11 is 0. The van der Waals surface area contributed by atoms with E-state index in [4.69, 9.17) is 18.9 Å². The van der Waals surface area contributed by atoms with Gasteiger partial charge >= 0.3 is 5.97 Å². The predicted molar refractivity (Wildman–Crippen MR) is 104 cm³/mol. The highest BCUT2D eigenvalue weighted by molar-refractivity contribution is 6.14. The molecular formula is C22H22O6. The Morgan fingerprint density at radius 2 is 1.93 bits per heavy atom. The maximum Gasteiger partial charge on any atom is 0.344 e. The van der Waals surface area contributed by atoms with E-state index in [0.717, 1.165) is 5.56 Å². The van der Waals surface area contributed by atoms with Crippen molar-refractivity contribution in [3.8, 4) is 17.2 Å². The summed E-state index contributed by atoms with van der Waals surface area (Å²) in [5, 5.41) is 0. The van der Waals surface area contributed by atoms with Crippen LogP contribution in [0.15, 0.2) is 48.2 Å². The van der Waals surface area contributed by atoms with Gasteiger partial charge in [0.15, 0.2) is 12.4 Å². The molecule has 0 radical (unpaired) electrons. The molecular weight excluding hydrogens is 360 g/mol. The quantitative estimate of drug-likeness (QED) is 0.532. The average Bonchev–Trinajstić information content (AvgIpc) is 2.96. The number of para-hydroxylation sites is 1. The van der Waals surface area contributed by atoms with Crippen LogP contribution in [0.2, 0.25) is 0 Å². The van der Waals surface area contributed by atoms with Crippen molar-refractivity contribution in [3.05, 3.63) is 59.4 Å². The summed E-state index contributed by atoms with van der Waals surface area (Å²) in [6, 6.07) is 12.3. The molecule has 0 atom stereocenters. The number of fused-ring (bicyclic) bond motifs is 1. The van der Waals surface area contributed by atoms with Gasteiger partial charge in [0.05, 0.1) is 18.3 Å². The number of allylic oxidation sites excluding steroid dienone is 1. The Morgan fingerprint density at radius 3 is 2.68 bits per heavy atom. The fraction of sp³-hybridized carbons (Fsp3) is 0.273. The van der Waals surface area contributed by atoms with Crippen LogP contribution in [0.1, 0.15) is 36.7 Å². The minimum atomic E-state index is -0.458. The molecule has 28 heavy (non-hydrogen) atoms. The lowest BCUT2D eigenvalue weighted by Crippen LogP contribution is -2.18. The molecule has 2 aromatic carbocycles. The summed E-state index contributed by atoms with van der Waals surface area (Å²) < 4.78 is 21.8. The molecule has 0 bridgehead atoms. The van der Waals surface area contributed by atoms with Gasteiger partial charge in [-0.15, -0.1) is 0 Å². The van der Waals surface area contributed by atoms with Crippen molar-refractivity contribution in [1.82, 2.24) is 0 Å². The second kappa shape index (κ2) is 8.61. The zero-order valence-corrected chi connectivity index (χ0v) is 16.1. The van der Waals surface area contributed by atoms with Crippen molar-refractivity contribution in [1.29, 1.82) is 0 Å². The number of hydrogen-bond acceptors (Lipinski definition) is 6. The van der Waals surface area contributed by atoms with Crippen molar-refractivity contribution in [2.45, 2.75) is 26.9 Å². The number of carbonyl (C=O) groups is 2. The third-order valence-electron chi connectivity index (χ3n) is 3.87. The third kappa shape index (κ3) is 4.52. The normalized spacial score (nSPS) is 14.0. The topological polar surface area (TPSA) is 71.1 Å². The lowest BCUT2D eigenvalue weighted by molar-refractivity contribution is -0.149. The van der Waals surface area contributed by atoms with Gasteiger partial charge in [-0.2, -0.15) is 0 Å². The highest BCUT2D eigenvalue weighted by Gasteiger charge is 2.28. The molecule has 0 saturated carbocycles. The summed E-state index contributed by atoms with van der Waals surface area (Å²) in [6.07, 6.45) is 1.46. The number of esters is 1. The second-order valence-electron chi connectivity index (χ2n) is 6.40. The predicted octanol–water partition coefficient (Wildman–Crippen LogP) is 4.03. The Morgan fingerprint density at radius 1 is 1.14 bits per heavy atom. The van der Waals surface area contributed by atoms with Crippen LogP contribution in [0.4, 0.5) is 0 Å². The van der Waals surface area contributed by atoms with Crippen LogP contribution in [0.25, 0.3) is 6.08 Å². The Labute approximate surface area is 163 Å². The maximum atomic E-state index is 12.6. The SMILES string of the molecule is CCOc1ccccc1C=C1Oc2cc(OCC(=O)OC(C)C)ccc2C1=O. The van der Waals surface area contributed by atoms with Gasteiger partial charge in [-0.25, -0.2) is 4.79 Å². The third-order valence-corrected chi connectivity index (χ3v) is 3.87. The zero-order chi connectivity index (χ0) is 20.1. The molecule has 1 aliphatic rings. The first-order chi connectivity index (χ1) is 13.5. The molecule has 0 aromatic heterocycles. The highest BCUT2D eigenvalue weighted by Crippen LogP contribution is 2.35. The Bertz CT molecular complexity index is 913. The Balaban J connectivity index is 1.75. The number of ketones is 1. The number of ether oxygens (including phenoxy) is 4. The van der Waals surface area contributed by atoms with Gasteiger partial charge in [-0.05, 0) is 45.0 Å². The monoisotopic (exact) mass is 382 g/mol. The molecule has 146 valence electrons. The van der Waals surface area contributed by atoms with Crippen LogP contribution in [0.5, 0.6) is 17.2 Å². The number of benzene rings is 2. The van der Waals surface area contributed by atoms with Gasteiger partial charge in [0.25, 0.3) is 0 Å². The standard InChI is InChI=1S/C22H22O6/c1-4-25-18-8-6-5-7-15(18)11-20-22(24)17-10-9-16(12-19(17)28-20)26-13-21(23)27-14(2)3/h5-12,14H,4,13H2,1-3H3. The molecule has 1 heterocycles. The first-order valence-corrected chi connectivity index (χ1v) is 9.10. The molecule has 0 N–H and O–H groups in total. The second-order valence-corrected chi connectivity index (χ2v) is 6.40. The molecule has 0 fully saturated rings. The van der Waals surface area contributed by atoms with E-state index in [9.17, 15) is 9.59 Å². The lowest BCUT2D eigenvalue weighted by atomic mass is 10.1. The van der Waals surface area contributed by atoms with Crippen molar-refractivity contribution in [3.63, 3.8) is 0 Å². The first kappa shape index (κ1) is 19.5. The van der Waals surface area contributed by atoms with E-state index < -0.39 is 5.97 Å². The van der Waals surface area contributed by atoms with Gasteiger partial charge in [-0.1, -0.05) is 18.2 Å². The fourth-order valence-electron chi connectivity index (χ4n) is 2.72. The number of Topliss-reactive ketones (excluding diaryl/α,β-unsaturated/α-hetero) is 1. The van der Waals surface area contributed by atoms with E-state index >= 15 is 0 Å². The molecule has 2 aromatic rings. The minimum absolute atomic E-state index is 0.204. The van der Waals surface area contributed by atoms with Crippen LogP contribution in [-0.2, 0) is 9.53 Å². The number of rotatable bonds is 7. The van der Waals surface area contributed by atoms with Crippen LogP contribution in [0, 0.1) is 0 Å². The van der Waals surface area contributed by atoms with Crippen molar-refractivity contribution in [2.24, 2.45) is 0 Å². The fourth-order valence-corrected chi connectivity index (χ4v) is 2.72. The number of hydrogen-bond donors (Lipinski definition) is 0. The first-order valence-electron chi connectivity index (χ1n) is 9.10. The van der Waals surface area contributed by atoms with Crippen LogP contribution in [0.3, 0.4) is 0 Å². The van der Waals surface area contributed by atoms with E-state index in [2.05, 4.69) is 0 Å². The van der Waals surface area contributed by atoms with E-state index in [-0.39, 0.29) is 24.3 Å². The van der Waals surface area contributed by atoms with Crippen LogP contribution >= 0.6 is 0 Å². The van der Waals surface area contributed by atoms with Crippen LogP contribution in [-0.4, -0.2) is 31.1 Å². The maximum absolute atomic E-state index is 12.6. The molecule has 6 heteroatoms. The minimum Gasteiger partial charge on any atom is -0.493 e. The van der Waals surface area contributed by atoms with Gasteiger partial charge in [0.2, 0.25) is 5.78 Å². The molecule has 1 aliphatic heterocycles. The molecule has 0 spiro atoms. The summed E-state index contributed by atoms with van der Waals surface area (Å²) in [5.41, 5.74) is 1.20. The van der Waals surface area contributed by atoms with Crippen molar-refractivity contribution < 1.29 is 28.5 Å². The van der Waals surface area contributed by atoms with Crippen molar-refractivity contribution in [2.75, 3.05) is 13.2 Å². The van der Waals surface area contributed by atoms with Crippen molar-refractivity contribution >= 4 is 17.8 Å². The average molecular weight is 382 g/mol. The van der Waals surface area contributed by atoms with Gasteiger partial charge < -0.3 is 18.9 Å². The smallest absolute Gasteiger partial charge is 0.344 e. The Hall–Kier alpha value is -3.28. The van der Waals surface area contributed by atoms with E-state index in [1.54, 1.807) is 38.1 Å². The number of carbonyl (C=O) groups excluding carboxylic acids is 2. The molecule has 3 rings (SSSR count). The van der Waals surface area contributed by atoms with E-state index in [0.29, 0.717) is 29.4 Å². The zero-order valence-electron chi connectivity index (χ0n) is 16.1. The summed E-state index contributed by atoms with van der Waals surface area (Å²) in [7, 11) is 0. The van der Waals surface area contributed by atoms with Gasteiger partial charge in [0.1, 0.15) is 17.2 Å². The molecule has 0 amide bonds. The lowest BCUT2D eigenvalue weighted by Gasteiger charge is -2.09. The largest absolute Gasteiger partial charge is 0.493 e. The molecule has 6 nitrogen and oxygen atoms in total. The summed E-state index contributed by atoms with van der Waals surface area (Å²) in [6.45, 7) is 5.74. The Kier molecular flexibility index (Phi) is 5.99. The molecule has 0 saturated heterocycles. The van der Waals surface area contributed by atoms with E-state index in [1.807, 2.05) is 31.2 Å². The van der Waals surface area contributed by atoms with Gasteiger partial charge in [-0.3, -0.25) is 4.79 Å². The molecule has 0 aliphatic carbocycles. The summed E-state index contributed by atoms with van der Waals surface area (Å²) in [5.74, 6) is 1.02. The van der Waals surface area contributed by atoms with Crippen LogP contribution < -0.4 is 14.2 Å². The molecule has 0 unspecified atom stereocenters. The highest BCUT2D eigenvalue weighted by atomic mass is 16.6. The summed E-state index contributed by atoms with van der Waals surface area (Å²) in [4.78, 5) is 24.2. The van der Waals surface area contributed by atoms with E-state index in [1.165, 1.54) is 0 Å². The van der Waals surface area contributed by atoms with Gasteiger partial charge in [0, 0.05) is 11.6 Å².